The smallest absolute Gasteiger partial charge is 0.261 e. The number of anilines is 1. The molecule has 1 aliphatic carbocycles. The Bertz CT molecular complexity index is 874. The summed E-state index contributed by atoms with van der Waals surface area (Å²) in [6.07, 6.45) is 3.21. The first-order valence-corrected chi connectivity index (χ1v) is 11.3. The first-order chi connectivity index (χ1) is 12.9. The predicted molar refractivity (Wildman–Crippen MR) is 112 cm³/mol. The summed E-state index contributed by atoms with van der Waals surface area (Å²) < 4.78 is 28.1. The molecule has 5 heteroatoms. The van der Waals surface area contributed by atoms with Crippen molar-refractivity contribution in [3.05, 3.63) is 59.2 Å². The molecule has 0 fully saturated rings. The van der Waals surface area contributed by atoms with Gasteiger partial charge in [0.25, 0.3) is 10.0 Å². The summed E-state index contributed by atoms with van der Waals surface area (Å²) in [4.78, 5) is 0.300. The van der Waals surface area contributed by atoms with Gasteiger partial charge in [0, 0.05) is 5.69 Å². The third kappa shape index (κ3) is 4.90. The standard InChI is InChI=1S/C22H30N2O2S/c1-4-11-23-15-17-12-19-5-8-21(14-20(19)13-17)24-27(25,26)22-9-6-18(7-10-22)16(2)3/h5-10,14,16-17,23-24H,4,11-13,15H2,1-3H3. The van der Waals surface area contributed by atoms with Crippen molar-refractivity contribution in [2.45, 2.75) is 50.8 Å². The molecule has 0 spiro atoms. The summed E-state index contributed by atoms with van der Waals surface area (Å²) in [6.45, 7) is 8.43. The summed E-state index contributed by atoms with van der Waals surface area (Å²) in [5, 5.41) is 3.49. The lowest BCUT2D eigenvalue weighted by Crippen LogP contribution is -2.23. The fourth-order valence-electron chi connectivity index (χ4n) is 3.65. The first-order valence-electron chi connectivity index (χ1n) is 9.84. The summed E-state index contributed by atoms with van der Waals surface area (Å²) in [5.41, 5.74) is 4.37. The van der Waals surface area contributed by atoms with Gasteiger partial charge in [-0.1, -0.05) is 39.0 Å². The quantitative estimate of drug-likeness (QED) is 0.664. The monoisotopic (exact) mass is 386 g/mol. The predicted octanol–water partition coefficient (Wildman–Crippen LogP) is 4.33. The molecular formula is C22H30N2O2S. The lowest BCUT2D eigenvalue weighted by Gasteiger charge is -2.11. The third-order valence-electron chi connectivity index (χ3n) is 5.19. The average Bonchev–Trinajstić information content (AvgIpc) is 3.03. The van der Waals surface area contributed by atoms with Crippen LogP contribution in [0.25, 0.3) is 0 Å². The zero-order valence-electron chi connectivity index (χ0n) is 16.5. The van der Waals surface area contributed by atoms with E-state index in [9.17, 15) is 8.42 Å². The van der Waals surface area contributed by atoms with Crippen LogP contribution in [0.5, 0.6) is 0 Å². The van der Waals surface area contributed by atoms with Gasteiger partial charge < -0.3 is 5.32 Å². The van der Waals surface area contributed by atoms with Crippen LogP contribution in [0.15, 0.2) is 47.4 Å². The summed E-state index contributed by atoms with van der Waals surface area (Å²) >= 11 is 0. The van der Waals surface area contributed by atoms with Gasteiger partial charge in [-0.25, -0.2) is 8.42 Å². The van der Waals surface area contributed by atoms with E-state index in [-0.39, 0.29) is 0 Å². The van der Waals surface area contributed by atoms with Crippen molar-refractivity contribution >= 4 is 15.7 Å². The highest BCUT2D eigenvalue weighted by atomic mass is 32.2. The summed E-state index contributed by atoms with van der Waals surface area (Å²) in [5.74, 6) is 0.980. The Morgan fingerprint density at radius 2 is 1.74 bits per heavy atom. The SMILES string of the molecule is CCCNCC1Cc2ccc(NS(=O)(=O)c3ccc(C(C)C)cc3)cc2C1. The summed E-state index contributed by atoms with van der Waals surface area (Å²) in [7, 11) is -3.57. The second kappa shape index (κ2) is 8.44. The van der Waals surface area contributed by atoms with Crippen LogP contribution >= 0.6 is 0 Å². The Labute approximate surface area is 163 Å². The van der Waals surface area contributed by atoms with E-state index >= 15 is 0 Å². The molecule has 1 unspecified atom stereocenters. The molecule has 0 heterocycles. The molecule has 0 amide bonds. The van der Waals surface area contributed by atoms with Gasteiger partial charge in [0.1, 0.15) is 0 Å². The largest absolute Gasteiger partial charge is 0.316 e. The number of fused-ring (bicyclic) bond motifs is 1. The van der Waals surface area contributed by atoms with Gasteiger partial charge in [0.2, 0.25) is 0 Å². The van der Waals surface area contributed by atoms with Crippen molar-refractivity contribution < 1.29 is 8.42 Å². The van der Waals surface area contributed by atoms with Crippen molar-refractivity contribution in [2.24, 2.45) is 5.92 Å². The van der Waals surface area contributed by atoms with Crippen molar-refractivity contribution in [3.8, 4) is 0 Å². The van der Waals surface area contributed by atoms with Gasteiger partial charge >= 0.3 is 0 Å². The Morgan fingerprint density at radius 3 is 2.41 bits per heavy atom. The first kappa shape index (κ1) is 19.9. The zero-order valence-corrected chi connectivity index (χ0v) is 17.3. The molecule has 1 aliphatic rings. The number of benzene rings is 2. The van der Waals surface area contributed by atoms with Crippen LogP contribution in [-0.4, -0.2) is 21.5 Å². The second-order valence-electron chi connectivity index (χ2n) is 7.79. The van der Waals surface area contributed by atoms with Gasteiger partial charge in [-0.05, 0) is 85.1 Å². The molecule has 0 saturated heterocycles. The number of sulfonamides is 1. The lowest BCUT2D eigenvalue weighted by molar-refractivity contribution is 0.498. The van der Waals surface area contributed by atoms with E-state index < -0.39 is 10.0 Å². The highest BCUT2D eigenvalue weighted by Crippen LogP contribution is 2.30. The van der Waals surface area contributed by atoms with Gasteiger partial charge in [0.15, 0.2) is 0 Å². The number of nitrogens with one attached hydrogen (secondary N) is 2. The minimum atomic E-state index is -3.57. The van der Waals surface area contributed by atoms with E-state index in [1.807, 2.05) is 24.3 Å². The summed E-state index contributed by atoms with van der Waals surface area (Å²) in [6, 6.07) is 13.1. The van der Waals surface area contributed by atoms with E-state index in [1.54, 1.807) is 12.1 Å². The molecule has 27 heavy (non-hydrogen) atoms. The zero-order chi connectivity index (χ0) is 19.4. The van der Waals surface area contributed by atoms with Crippen molar-refractivity contribution in [1.82, 2.24) is 5.32 Å². The molecule has 2 aromatic rings. The molecule has 0 aromatic heterocycles. The number of rotatable bonds is 8. The van der Waals surface area contributed by atoms with E-state index in [4.69, 9.17) is 0 Å². The Hall–Kier alpha value is -1.85. The maximum atomic E-state index is 12.7. The Balaban J connectivity index is 1.69. The van der Waals surface area contributed by atoms with Crippen LogP contribution in [0.3, 0.4) is 0 Å². The molecule has 0 aliphatic heterocycles. The minimum Gasteiger partial charge on any atom is -0.316 e. The third-order valence-corrected chi connectivity index (χ3v) is 6.59. The van der Waals surface area contributed by atoms with Crippen LogP contribution in [0.2, 0.25) is 0 Å². The maximum absolute atomic E-state index is 12.7. The van der Waals surface area contributed by atoms with Crippen molar-refractivity contribution in [2.75, 3.05) is 17.8 Å². The molecular weight excluding hydrogens is 356 g/mol. The molecule has 1 atom stereocenters. The van der Waals surface area contributed by atoms with Crippen LogP contribution in [0.1, 0.15) is 49.8 Å². The minimum absolute atomic E-state index is 0.300. The van der Waals surface area contributed by atoms with Crippen LogP contribution in [-0.2, 0) is 22.9 Å². The van der Waals surface area contributed by atoms with Gasteiger partial charge in [-0.2, -0.15) is 0 Å². The second-order valence-corrected chi connectivity index (χ2v) is 9.47. The van der Waals surface area contributed by atoms with Gasteiger partial charge in [0.05, 0.1) is 4.90 Å². The van der Waals surface area contributed by atoms with Gasteiger partial charge in [-0.15, -0.1) is 0 Å². The molecule has 2 N–H and O–H groups in total. The number of hydrogen-bond donors (Lipinski definition) is 2. The molecule has 0 saturated carbocycles. The van der Waals surface area contributed by atoms with Crippen LogP contribution in [0, 0.1) is 5.92 Å². The topological polar surface area (TPSA) is 58.2 Å². The highest BCUT2D eigenvalue weighted by Gasteiger charge is 2.22. The highest BCUT2D eigenvalue weighted by molar-refractivity contribution is 7.92. The fraction of sp³-hybridized carbons (Fsp3) is 0.455. The van der Waals surface area contributed by atoms with Crippen molar-refractivity contribution in [3.63, 3.8) is 0 Å². The number of hydrogen-bond acceptors (Lipinski definition) is 3. The van der Waals surface area contributed by atoms with E-state index in [0.29, 0.717) is 22.4 Å². The molecule has 146 valence electrons. The molecule has 3 rings (SSSR count). The normalized spacial score (nSPS) is 16.5. The Kier molecular flexibility index (Phi) is 6.22. The van der Waals surface area contributed by atoms with Crippen LogP contribution in [0.4, 0.5) is 5.69 Å². The molecule has 0 bridgehead atoms. The van der Waals surface area contributed by atoms with Crippen molar-refractivity contribution in [1.29, 1.82) is 0 Å². The fourth-order valence-corrected chi connectivity index (χ4v) is 4.70. The van der Waals surface area contributed by atoms with Gasteiger partial charge in [-0.3, -0.25) is 4.72 Å². The Morgan fingerprint density at radius 1 is 1.04 bits per heavy atom. The molecule has 2 aromatic carbocycles. The van der Waals surface area contributed by atoms with Crippen LogP contribution < -0.4 is 10.0 Å². The average molecular weight is 387 g/mol. The molecule has 0 radical (unpaired) electrons. The van der Waals surface area contributed by atoms with E-state index in [2.05, 4.69) is 36.9 Å². The molecule has 4 nitrogen and oxygen atoms in total. The van der Waals surface area contributed by atoms with E-state index in [0.717, 1.165) is 37.9 Å². The van der Waals surface area contributed by atoms with E-state index in [1.165, 1.54) is 11.1 Å². The maximum Gasteiger partial charge on any atom is 0.261 e. The lowest BCUT2D eigenvalue weighted by atomic mass is 10.0.